The Morgan fingerprint density at radius 3 is 2.35 bits per heavy atom. The highest BCUT2D eigenvalue weighted by atomic mass is 32.2. The van der Waals surface area contributed by atoms with Crippen molar-refractivity contribution in [2.45, 2.75) is 17.4 Å². The standard InChI is InChI=1S/C15H17NS/c1-17-15-10-6-5-9-13(15)14(16)11-12-7-3-2-4-8-12/h2-10,14H,11,16H2,1H3. The minimum Gasteiger partial charge on any atom is -0.324 e. The molecule has 0 aromatic heterocycles. The van der Waals surface area contributed by atoms with Crippen LogP contribution in [0.3, 0.4) is 0 Å². The molecular formula is C15H17NS. The highest BCUT2D eigenvalue weighted by Gasteiger charge is 2.10. The molecule has 0 saturated carbocycles. The van der Waals surface area contributed by atoms with Crippen LogP contribution in [0.1, 0.15) is 17.2 Å². The number of hydrogen-bond acceptors (Lipinski definition) is 2. The van der Waals surface area contributed by atoms with Crippen molar-refractivity contribution in [3.8, 4) is 0 Å². The summed E-state index contributed by atoms with van der Waals surface area (Å²) in [5, 5.41) is 0. The third-order valence-corrected chi connectivity index (χ3v) is 3.65. The van der Waals surface area contributed by atoms with Crippen LogP contribution >= 0.6 is 11.8 Å². The Bertz CT molecular complexity index is 467. The van der Waals surface area contributed by atoms with E-state index in [1.807, 2.05) is 6.07 Å². The summed E-state index contributed by atoms with van der Waals surface area (Å²) >= 11 is 1.75. The molecule has 2 heteroatoms. The Morgan fingerprint density at radius 2 is 1.65 bits per heavy atom. The van der Waals surface area contributed by atoms with Gasteiger partial charge in [0, 0.05) is 10.9 Å². The van der Waals surface area contributed by atoms with Crippen LogP contribution in [0.2, 0.25) is 0 Å². The van der Waals surface area contributed by atoms with Gasteiger partial charge in [0.05, 0.1) is 0 Å². The van der Waals surface area contributed by atoms with Crippen molar-refractivity contribution in [1.29, 1.82) is 0 Å². The first-order chi connectivity index (χ1) is 8.31. The Balaban J connectivity index is 2.17. The molecule has 0 aliphatic rings. The molecule has 0 bridgehead atoms. The van der Waals surface area contributed by atoms with Gasteiger partial charge < -0.3 is 5.73 Å². The second-order valence-corrected chi connectivity index (χ2v) is 4.89. The molecule has 2 rings (SSSR count). The lowest BCUT2D eigenvalue weighted by Gasteiger charge is -2.15. The Hall–Kier alpha value is -1.25. The highest BCUT2D eigenvalue weighted by molar-refractivity contribution is 7.98. The van der Waals surface area contributed by atoms with Crippen LogP contribution in [0.15, 0.2) is 59.5 Å². The molecule has 1 unspecified atom stereocenters. The summed E-state index contributed by atoms with van der Waals surface area (Å²) in [4.78, 5) is 1.27. The first-order valence-corrected chi connectivity index (χ1v) is 6.96. The van der Waals surface area contributed by atoms with E-state index in [2.05, 4.69) is 54.8 Å². The van der Waals surface area contributed by atoms with Gasteiger partial charge in [-0.05, 0) is 29.9 Å². The number of rotatable bonds is 4. The molecule has 0 aliphatic heterocycles. The first-order valence-electron chi connectivity index (χ1n) is 5.73. The second kappa shape index (κ2) is 5.89. The first kappa shape index (κ1) is 12.2. The van der Waals surface area contributed by atoms with Crippen molar-refractivity contribution < 1.29 is 0 Å². The van der Waals surface area contributed by atoms with Gasteiger partial charge >= 0.3 is 0 Å². The summed E-state index contributed by atoms with van der Waals surface area (Å²) in [6.07, 6.45) is 2.98. The van der Waals surface area contributed by atoms with E-state index in [1.165, 1.54) is 16.0 Å². The van der Waals surface area contributed by atoms with Gasteiger partial charge in [0.15, 0.2) is 0 Å². The third kappa shape index (κ3) is 3.11. The molecule has 1 atom stereocenters. The Morgan fingerprint density at radius 1 is 1.00 bits per heavy atom. The molecular weight excluding hydrogens is 226 g/mol. The molecule has 0 saturated heterocycles. The molecule has 17 heavy (non-hydrogen) atoms. The number of thioether (sulfide) groups is 1. The highest BCUT2D eigenvalue weighted by Crippen LogP contribution is 2.26. The monoisotopic (exact) mass is 243 g/mol. The van der Waals surface area contributed by atoms with Crippen LogP contribution in [0.4, 0.5) is 0 Å². The van der Waals surface area contributed by atoms with Crippen molar-refractivity contribution in [2.75, 3.05) is 6.26 Å². The minimum atomic E-state index is 0.0704. The van der Waals surface area contributed by atoms with Gasteiger partial charge in [-0.15, -0.1) is 11.8 Å². The van der Waals surface area contributed by atoms with E-state index in [-0.39, 0.29) is 6.04 Å². The zero-order valence-corrected chi connectivity index (χ0v) is 10.8. The zero-order chi connectivity index (χ0) is 12.1. The van der Waals surface area contributed by atoms with Crippen LogP contribution < -0.4 is 5.73 Å². The maximum Gasteiger partial charge on any atom is 0.0346 e. The molecule has 1 nitrogen and oxygen atoms in total. The van der Waals surface area contributed by atoms with Crippen LogP contribution in [0.5, 0.6) is 0 Å². The fourth-order valence-electron chi connectivity index (χ4n) is 1.95. The van der Waals surface area contributed by atoms with E-state index in [9.17, 15) is 0 Å². The maximum absolute atomic E-state index is 6.29. The SMILES string of the molecule is CSc1ccccc1C(N)Cc1ccccc1. The molecule has 0 heterocycles. The number of benzene rings is 2. The number of hydrogen-bond donors (Lipinski definition) is 1. The molecule has 2 N–H and O–H groups in total. The van der Waals surface area contributed by atoms with Gasteiger partial charge in [0.25, 0.3) is 0 Å². The van der Waals surface area contributed by atoms with E-state index in [0.29, 0.717) is 0 Å². The average molecular weight is 243 g/mol. The van der Waals surface area contributed by atoms with Crippen molar-refractivity contribution >= 4 is 11.8 Å². The minimum absolute atomic E-state index is 0.0704. The number of nitrogens with two attached hydrogens (primary N) is 1. The predicted molar refractivity (Wildman–Crippen MR) is 75.3 cm³/mol. The lowest BCUT2D eigenvalue weighted by Crippen LogP contribution is -2.14. The smallest absolute Gasteiger partial charge is 0.0346 e. The summed E-state index contributed by atoms with van der Waals surface area (Å²) in [6.45, 7) is 0. The van der Waals surface area contributed by atoms with Crippen molar-refractivity contribution in [3.63, 3.8) is 0 Å². The van der Waals surface area contributed by atoms with Crippen LogP contribution in [0, 0.1) is 0 Å². The third-order valence-electron chi connectivity index (χ3n) is 2.84. The summed E-state index contributed by atoms with van der Waals surface area (Å²) in [6, 6.07) is 18.8. The van der Waals surface area contributed by atoms with Crippen LogP contribution in [-0.2, 0) is 6.42 Å². The summed E-state index contributed by atoms with van der Waals surface area (Å²) in [5.41, 5.74) is 8.82. The second-order valence-electron chi connectivity index (χ2n) is 4.04. The molecule has 0 fully saturated rings. The van der Waals surface area contributed by atoms with Crippen molar-refractivity contribution in [2.24, 2.45) is 5.73 Å². The fourth-order valence-corrected chi connectivity index (χ4v) is 2.62. The molecule has 2 aromatic carbocycles. The summed E-state index contributed by atoms with van der Waals surface area (Å²) in [5.74, 6) is 0. The normalized spacial score (nSPS) is 12.4. The van der Waals surface area contributed by atoms with Gasteiger partial charge in [-0.2, -0.15) is 0 Å². The van der Waals surface area contributed by atoms with Gasteiger partial charge in [0.1, 0.15) is 0 Å². The van der Waals surface area contributed by atoms with Gasteiger partial charge in [-0.3, -0.25) is 0 Å². The van der Waals surface area contributed by atoms with E-state index in [0.717, 1.165) is 6.42 Å². The van der Waals surface area contributed by atoms with E-state index < -0.39 is 0 Å². The molecule has 88 valence electrons. The quantitative estimate of drug-likeness (QED) is 0.829. The zero-order valence-electron chi connectivity index (χ0n) is 9.97. The summed E-state index contributed by atoms with van der Waals surface area (Å²) < 4.78 is 0. The fraction of sp³-hybridized carbons (Fsp3) is 0.200. The Labute approximate surface area is 107 Å². The van der Waals surface area contributed by atoms with Gasteiger partial charge in [0.2, 0.25) is 0 Å². The van der Waals surface area contributed by atoms with E-state index in [4.69, 9.17) is 5.73 Å². The van der Waals surface area contributed by atoms with Crippen LogP contribution in [-0.4, -0.2) is 6.26 Å². The molecule has 0 radical (unpaired) electrons. The van der Waals surface area contributed by atoms with Gasteiger partial charge in [-0.1, -0.05) is 48.5 Å². The van der Waals surface area contributed by atoms with E-state index >= 15 is 0 Å². The maximum atomic E-state index is 6.29. The van der Waals surface area contributed by atoms with Crippen molar-refractivity contribution in [3.05, 3.63) is 65.7 Å². The largest absolute Gasteiger partial charge is 0.324 e. The van der Waals surface area contributed by atoms with E-state index in [1.54, 1.807) is 11.8 Å². The lowest BCUT2D eigenvalue weighted by molar-refractivity contribution is 0.708. The lowest BCUT2D eigenvalue weighted by atomic mass is 10.00. The molecule has 2 aromatic rings. The summed E-state index contributed by atoms with van der Waals surface area (Å²) in [7, 11) is 0. The molecule has 0 amide bonds. The molecule has 0 aliphatic carbocycles. The topological polar surface area (TPSA) is 26.0 Å². The Kier molecular flexibility index (Phi) is 4.24. The average Bonchev–Trinajstić information content (AvgIpc) is 2.40. The van der Waals surface area contributed by atoms with Crippen LogP contribution in [0.25, 0.3) is 0 Å². The van der Waals surface area contributed by atoms with Gasteiger partial charge in [-0.25, -0.2) is 0 Å². The predicted octanol–water partition coefficient (Wildman–Crippen LogP) is 3.65. The molecule has 0 spiro atoms. The van der Waals surface area contributed by atoms with Crippen molar-refractivity contribution in [1.82, 2.24) is 0 Å².